The molecule has 1 rings (SSSR count). The fraction of sp³-hybridized carbons (Fsp3) is 0.500. The van der Waals surface area contributed by atoms with Crippen molar-refractivity contribution in [1.82, 2.24) is 4.98 Å². The molecule has 0 aliphatic rings. The second kappa shape index (κ2) is 5.42. The molecule has 0 saturated heterocycles. The number of methoxy groups -OCH3 is 1. The molecule has 0 spiro atoms. The van der Waals surface area contributed by atoms with Gasteiger partial charge in [0, 0.05) is 19.9 Å². The van der Waals surface area contributed by atoms with E-state index in [0.717, 1.165) is 11.1 Å². The molecule has 17 heavy (non-hydrogen) atoms. The van der Waals surface area contributed by atoms with Gasteiger partial charge in [0.05, 0.1) is 11.2 Å². The highest BCUT2D eigenvalue weighted by Gasteiger charge is 2.18. The number of hydrogen-bond donors (Lipinski definition) is 2. The Bertz CT molecular complexity index is 418. The van der Waals surface area contributed by atoms with E-state index in [1.165, 1.54) is 0 Å². The van der Waals surface area contributed by atoms with Gasteiger partial charge in [-0.2, -0.15) is 0 Å². The molecule has 0 saturated carbocycles. The van der Waals surface area contributed by atoms with Gasteiger partial charge >= 0.3 is 0 Å². The van der Waals surface area contributed by atoms with Crippen molar-refractivity contribution in [1.29, 1.82) is 0 Å². The highest BCUT2D eigenvalue weighted by molar-refractivity contribution is 7.80. The van der Waals surface area contributed by atoms with Gasteiger partial charge in [-0.25, -0.2) is 4.98 Å². The average molecular weight is 253 g/mol. The Morgan fingerprint density at radius 2 is 2.24 bits per heavy atom. The summed E-state index contributed by atoms with van der Waals surface area (Å²) in [6.07, 6.45) is 1.74. The van der Waals surface area contributed by atoms with Gasteiger partial charge in [0.25, 0.3) is 0 Å². The number of pyridine rings is 1. The van der Waals surface area contributed by atoms with E-state index < -0.39 is 0 Å². The molecule has 0 atom stereocenters. The number of ether oxygens (including phenoxy) is 1. The minimum absolute atomic E-state index is 0.265. The van der Waals surface area contributed by atoms with Gasteiger partial charge in [-0.3, -0.25) is 0 Å². The smallest absolute Gasteiger partial charge is 0.136 e. The van der Waals surface area contributed by atoms with E-state index in [9.17, 15) is 0 Å². The SMILES string of the molecule is COC(C)(C)CNc1nccc(C)c1C(N)=S. The summed E-state index contributed by atoms with van der Waals surface area (Å²) < 4.78 is 5.34. The Morgan fingerprint density at radius 1 is 1.59 bits per heavy atom. The molecular formula is C12H19N3OS. The van der Waals surface area contributed by atoms with Crippen molar-refractivity contribution in [3.05, 3.63) is 23.4 Å². The van der Waals surface area contributed by atoms with Crippen molar-refractivity contribution in [2.45, 2.75) is 26.4 Å². The molecule has 3 N–H and O–H groups in total. The molecule has 0 amide bonds. The summed E-state index contributed by atoms with van der Waals surface area (Å²) in [5, 5.41) is 3.22. The molecule has 94 valence electrons. The highest BCUT2D eigenvalue weighted by Crippen LogP contribution is 2.18. The van der Waals surface area contributed by atoms with Gasteiger partial charge in [0.15, 0.2) is 0 Å². The molecule has 4 nitrogen and oxygen atoms in total. The minimum atomic E-state index is -0.265. The quantitative estimate of drug-likeness (QED) is 0.784. The summed E-state index contributed by atoms with van der Waals surface area (Å²) in [6.45, 7) is 6.59. The average Bonchev–Trinajstić information content (AvgIpc) is 2.26. The third-order valence-electron chi connectivity index (χ3n) is 2.64. The van der Waals surface area contributed by atoms with Crippen LogP contribution in [0.1, 0.15) is 25.0 Å². The summed E-state index contributed by atoms with van der Waals surface area (Å²) in [6, 6.07) is 1.89. The van der Waals surface area contributed by atoms with Gasteiger partial charge in [-0.1, -0.05) is 12.2 Å². The van der Waals surface area contributed by atoms with E-state index in [2.05, 4.69) is 10.3 Å². The molecular weight excluding hydrogens is 234 g/mol. The molecule has 0 aliphatic heterocycles. The van der Waals surface area contributed by atoms with Crippen molar-refractivity contribution in [2.75, 3.05) is 19.0 Å². The highest BCUT2D eigenvalue weighted by atomic mass is 32.1. The standard InChI is InChI=1S/C12H19N3OS/c1-8-5-6-14-11(9(8)10(13)17)15-7-12(2,3)16-4/h5-6H,7H2,1-4H3,(H2,13,17)(H,14,15). The molecule has 1 heterocycles. The number of rotatable bonds is 5. The number of anilines is 1. The summed E-state index contributed by atoms with van der Waals surface area (Å²) in [4.78, 5) is 4.62. The first kappa shape index (κ1) is 13.9. The lowest BCUT2D eigenvalue weighted by Crippen LogP contribution is -2.33. The zero-order valence-corrected chi connectivity index (χ0v) is 11.5. The number of nitrogens with two attached hydrogens (primary N) is 1. The Morgan fingerprint density at radius 3 is 2.76 bits per heavy atom. The molecule has 0 bridgehead atoms. The molecule has 0 fully saturated rings. The first-order valence-corrected chi connectivity index (χ1v) is 5.82. The lowest BCUT2D eigenvalue weighted by atomic mass is 10.1. The zero-order valence-electron chi connectivity index (χ0n) is 10.7. The van der Waals surface area contributed by atoms with Crippen molar-refractivity contribution in [2.24, 2.45) is 5.73 Å². The number of thiocarbonyl (C=S) groups is 1. The molecule has 1 aromatic heterocycles. The molecule has 0 aromatic carbocycles. The second-order valence-corrected chi connectivity index (χ2v) is 4.97. The molecule has 0 unspecified atom stereocenters. The van der Waals surface area contributed by atoms with E-state index in [0.29, 0.717) is 17.4 Å². The predicted octanol–water partition coefficient (Wildman–Crippen LogP) is 1.86. The molecule has 0 aliphatic carbocycles. The number of hydrogen-bond acceptors (Lipinski definition) is 4. The van der Waals surface area contributed by atoms with Gasteiger partial charge in [-0.15, -0.1) is 0 Å². The van der Waals surface area contributed by atoms with Gasteiger partial charge in [-0.05, 0) is 32.4 Å². The number of aromatic nitrogens is 1. The monoisotopic (exact) mass is 253 g/mol. The predicted molar refractivity (Wildman–Crippen MR) is 74.4 cm³/mol. The fourth-order valence-electron chi connectivity index (χ4n) is 1.37. The first-order valence-electron chi connectivity index (χ1n) is 5.42. The third kappa shape index (κ3) is 3.64. The maximum absolute atomic E-state index is 5.71. The Hall–Kier alpha value is -1.20. The Labute approximate surface area is 108 Å². The van der Waals surface area contributed by atoms with Crippen molar-refractivity contribution in [3.63, 3.8) is 0 Å². The fourth-order valence-corrected chi connectivity index (χ4v) is 1.63. The van der Waals surface area contributed by atoms with Crippen molar-refractivity contribution < 1.29 is 4.74 Å². The first-order chi connectivity index (χ1) is 7.87. The van der Waals surface area contributed by atoms with Crippen LogP contribution in [-0.2, 0) is 4.74 Å². The maximum atomic E-state index is 5.71. The van der Waals surface area contributed by atoms with Crippen LogP contribution in [0.3, 0.4) is 0 Å². The second-order valence-electron chi connectivity index (χ2n) is 4.53. The van der Waals surface area contributed by atoms with E-state index in [-0.39, 0.29) is 5.60 Å². The largest absolute Gasteiger partial charge is 0.389 e. The van der Waals surface area contributed by atoms with Gasteiger partial charge < -0.3 is 15.8 Å². The van der Waals surface area contributed by atoms with Crippen molar-refractivity contribution >= 4 is 23.0 Å². The maximum Gasteiger partial charge on any atom is 0.136 e. The molecule has 5 heteroatoms. The van der Waals surface area contributed by atoms with Crippen LogP contribution in [0.15, 0.2) is 12.3 Å². The van der Waals surface area contributed by atoms with Crippen LogP contribution < -0.4 is 11.1 Å². The lowest BCUT2D eigenvalue weighted by molar-refractivity contribution is 0.0343. The van der Waals surface area contributed by atoms with Gasteiger partial charge in [0.2, 0.25) is 0 Å². The van der Waals surface area contributed by atoms with Crippen LogP contribution in [0.2, 0.25) is 0 Å². The van der Waals surface area contributed by atoms with E-state index in [1.54, 1.807) is 13.3 Å². The zero-order chi connectivity index (χ0) is 13.1. The summed E-state index contributed by atoms with van der Waals surface area (Å²) >= 11 is 5.04. The molecule has 1 aromatic rings. The van der Waals surface area contributed by atoms with Crippen LogP contribution >= 0.6 is 12.2 Å². The molecule has 0 radical (unpaired) electrons. The van der Waals surface area contributed by atoms with E-state index >= 15 is 0 Å². The number of nitrogens with zero attached hydrogens (tertiary/aromatic N) is 1. The van der Waals surface area contributed by atoms with Crippen LogP contribution in [0.5, 0.6) is 0 Å². The lowest BCUT2D eigenvalue weighted by Gasteiger charge is -2.24. The van der Waals surface area contributed by atoms with Crippen LogP contribution in [0, 0.1) is 6.92 Å². The summed E-state index contributed by atoms with van der Waals surface area (Å²) in [5.74, 6) is 0.711. The van der Waals surface area contributed by atoms with Crippen molar-refractivity contribution in [3.8, 4) is 0 Å². The minimum Gasteiger partial charge on any atom is -0.389 e. The van der Waals surface area contributed by atoms with Crippen LogP contribution in [0.25, 0.3) is 0 Å². The van der Waals surface area contributed by atoms with E-state index in [1.807, 2.05) is 26.8 Å². The Kier molecular flexibility index (Phi) is 4.42. The van der Waals surface area contributed by atoms with E-state index in [4.69, 9.17) is 22.7 Å². The van der Waals surface area contributed by atoms with Gasteiger partial charge in [0.1, 0.15) is 10.8 Å². The summed E-state index contributed by atoms with van der Waals surface area (Å²) in [7, 11) is 1.68. The normalized spacial score (nSPS) is 11.3. The topological polar surface area (TPSA) is 60.2 Å². The van der Waals surface area contributed by atoms with Crippen LogP contribution in [0.4, 0.5) is 5.82 Å². The Balaban J connectivity index is 2.92. The summed E-state index contributed by atoms with van der Waals surface area (Å²) in [5.41, 5.74) is 7.26. The van der Waals surface area contributed by atoms with Crippen LogP contribution in [-0.4, -0.2) is 29.2 Å². The number of aryl methyl sites for hydroxylation is 1. The number of nitrogens with one attached hydrogen (secondary N) is 1. The third-order valence-corrected chi connectivity index (χ3v) is 2.84.